The number of aryl methyl sites for hydroxylation is 2. The van der Waals surface area contributed by atoms with E-state index in [1.807, 2.05) is 19.1 Å². The second-order valence-corrected chi connectivity index (χ2v) is 6.75. The fourth-order valence-electron chi connectivity index (χ4n) is 2.12. The Morgan fingerprint density at radius 2 is 2.26 bits per heavy atom. The van der Waals surface area contributed by atoms with E-state index in [2.05, 4.69) is 32.4 Å². The number of pyridine rings is 1. The summed E-state index contributed by atoms with van der Waals surface area (Å²) in [4.78, 5) is 21.8. The maximum absolute atomic E-state index is 12.3. The number of nitrogens with one attached hydrogen (secondary N) is 1. The SMILES string of the molecule is CCCc1cc(-c2nc(C)c(C(=O)Nc3nncs3)s2)ccn1. The minimum atomic E-state index is -0.203. The van der Waals surface area contributed by atoms with E-state index in [-0.39, 0.29) is 5.91 Å². The summed E-state index contributed by atoms with van der Waals surface area (Å²) in [7, 11) is 0. The van der Waals surface area contributed by atoms with E-state index in [4.69, 9.17) is 0 Å². The maximum atomic E-state index is 12.3. The lowest BCUT2D eigenvalue weighted by Crippen LogP contribution is -2.11. The normalized spacial score (nSPS) is 10.7. The Balaban J connectivity index is 1.85. The van der Waals surface area contributed by atoms with Crippen molar-refractivity contribution in [2.75, 3.05) is 5.32 Å². The second kappa shape index (κ2) is 6.93. The zero-order valence-electron chi connectivity index (χ0n) is 12.7. The smallest absolute Gasteiger partial charge is 0.269 e. The molecule has 0 unspecified atom stereocenters. The molecule has 0 saturated heterocycles. The standard InChI is InChI=1S/C15H15N5OS2/c1-3-4-11-7-10(5-6-16-11)14-18-9(2)12(23-14)13(21)19-15-20-17-8-22-15/h5-8H,3-4H2,1-2H3,(H,19,20,21). The van der Waals surface area contributed by atoms with Gasteiger partial charge in [-0.1, -0.05) is 24.7 Å². The van der Waals surface area contributed by atoms with Gasteiger partial charge in [-0.3, -0.25) is 15.1 Å². The van der Waals surface area contributed by atoms with E-state index in [1.54, 1.807) is 11.7 Å². The van der Waals surface area contributed by atoms with Gasteiger partial charge in [0.2, 0.25) is 5.13 Å². The Morgan fingerprint density at radius 3 is 3.00 bits per heavy atom. The number of thiazole rings is 1. The van der Waals surface area contributed by atoms with E-state index in [0.717, 1.165) is 29.1 Å². The summed E-state index contributed by atoms with van der Waals surface area (Å²) in [5, 5.41) is 11.6. The van der Waals surface area contributed by atoms with Crippen LogP contribution in [0.1, 0.15) is 34.4 Å². The van der Waals surface area contributed by atoms with Crippen molar-refractivity contribution < 1.29 is 4.79 Å². The van der Waals surface area contributed by atoms with Gasteiger partial charge < -0.3 is 0 Å². The van der Waals surface area contributed by atoms with Gasteiger partial charge >= 0.3 is 0 Å². The lowest BCUT2D eigenvalue weighted by Gasteiger charge is -2.00. The summed E-state index contributed by atoms with van der Waals surface area (Å²) in [6.07, 6.45) is 3.77. The number of hydrogen-bond acceptors (Lipinski definition) is 7. The molecule has 0 bridgehead atoms. The highest BCUT2D eigenvalue weighted by Crippen LogP contribution is 2.29. The molecule has 0 spiro atoms. The minimum absolute atomic E-state index is 0.203. The summed E-state index contributed by atoms with van der Waals surface area (Å²) in [6, 6.07) is 3.96. The van der Waals surface area contributed by atoms with Gasteiger partial charge in [-0.2, -0.15) is 0 Å². The van der Waals surface area contributed by atoms with Gasteiger partial charge in [0.1, 0.15) is 15.4 Å². The fourth-order valence-corrected chi connectivity index (χ4v) is 3.51. The largest absolute Gasteiger partial charge is 0.296 e. The second-order valence-electron chi connectivity index (χ2n) is 4.92. The van der Waals surface area contributed by atoms with Crippen LogP contribution in [0.2, 0.25) is 0 Å². The summed E-state index contributed by atoms with van der Waals surface area (Å²) in [6.45, 7) is 3.96. The molecule has 0 aliphatic rings. The lowest BCUT2D eigenvalue weighted by atomic mass is 10.2. The summed E-state index contributed by atoms with van der Waals surface area (Å²) in [5.74, 6) is -0.203. The first-order chi connectivity index (χ1) is 11.2. The van der Waals surface area contributed by atoms with Crippen LogP contribution in [-0.2, 0) is 6.42 Å². The molecule has 3 aromatic rings. The fraction of sp³-hybridized carbons (Fsp3) is 0.267. The van der Waals surface area contributed by atoms with Crippen LogP contribution < -0.4 is 5.32 Å². The predicted molar refractivity (Wildman–Crippen MR) is 91.9 cm³/mol. The van der Waals surface area contributed by atoms with Crippen molar-refractivity contribution in [3.05, 3.63) is 40.1 Å². The van der Waals surface area contributed by atoms with E-state index in [9.17, 15) is 4.79 Å². The summed E-state index contributed by atoms with van der Waals surface area (Å²) >= 11 is 2.66. The number of nitrogens with zero attached hydrogens (tertiary/aromatic N) is 4. The van der Waals surface area contributed by atoms with Crippen LogP contribution in [0, 0.1) is 6.92 Å². The summed E-state index contributed by atoms with van der Waals surface area (Å²) < 4.78 is 0. The van der Waals surface area contributed by atoms with Crippen molar-refractivity contribution in [1.82, 2.24) is 20.2 Å². The van der Waals surface area contributed by atoms with Gasteiger partial charge in [0.25, 0.3) is 5.91 Å². The zero-order valence-corrected chi connectivity index (χ0v) is 14.4. The molecule has 6 nitrogen and oxygen atoms in total. The first-order valence-electron chi connectivity index (χ1n) is 7.17. The van der Waals surface area contributed by atoms with Crippen molar-refractivity contribution >= 4 is 33.7 Å². The molecule has 0 radical (unpaired) electrons. The number of aromatic nitrogens is 4. The van der Waals surface area contributed by atoms with Crippen LogP contribution in [0.3, 0.4) is 0 Å². The Hall–Kier alpha value is -2.19. The highest BCUT2D eigenvalue weighted by atomic mass is 32.1. The molecule has 0 fully saturated rings. The lowest BCUT2D eigenvalue weighted by molar-refractivity contribution is 0.102. The molecule has 0 aliphatic heterocycles. The molecule has 3 heterocycles. The maximum Gasteiger partial charge on any atom is 0.269 e. The predicted octanol–water partition coefficient (Wildman–Crippen LogP) is 3.57. The van der Waals surface area contributed by atoms with Crippen molar-refractivity contribution in [3.8, 4) is 10.6 Å². The van der Waals surface area contributed by atoms with Gasteiger partial charge in [0.15, 0.2) is 0 Å². The molecule has 118 valence electrons. The molecule has 1 N–H and O–H groups in total. The van der Waals surface area contributed by atoms with Crippen molar-refractivity contribution in [3.63, 3.8) is 0 Å². The highest BCUT2D eigenvalue weighted by Gasteiger charge is 2.17. The van der Waals surface area contributed by atoms with Crippen LogP contribution in [0.5, 0.6) is 0 Å². The van der Waals surface area contributed by atoms with Gasteiger partial charge in [-0.25, -0.2) is 4.98 Å². The Morgan fingerprint density at radius 1 is 1.39 bits per heavy atom. The van der Waals surface area contributed by atoms with Crippen molar-refractivity contribution in [2.24, 2.45) is 0 Å². The molecule has 23 heavy (non-hydrogen) atoms. The van der Waals surface area contributed by atoms with Crippen LogP contribution in [-0.4, -0.2) is 26.1 Å². The van der Waals surface area contributed by atoms with Crippen LogP contribution in [0.4, 0.5) is 5.13 Å². The Kier molecular flexibility index (Phi) is 4.73. The molecule has 3 rings (SSSR count). The van der Waals surface area contributed by atoms with E-state index in [0.29, 0.717) is 15.7 Å². The van der Waals surface area contributed by atoms with E-state index < -0.39 is 0 Å². The average Bonchev–Trinajstić information content (AvgIpc) is 3.17. The Labute approximate surface area is 141 Å². The molecule has 3 aromatic heterocycles. The molecule has 0 aromatic carbocycles. The number of carbonyl (C=O) groups excluding carboxylic acids is 1. The van der Waals surface area contributed by atoms with Crippen LogP contribution in [0.15, 0.2) is 23.8 Å². The number of rotatable bonds is 5. The third kappa shape index (κ3) is 3.59. The quantitative estimate of drug-likeness (QED) is 0.764. The number of carbonyl (C=O) groups is 1. The third-order valence-electron chi connectivity index (χ3n) is 3.15. The first kappa shape index (κ1) is 15.7. The monoisotopic (exact) mass is 345 g/mol. The zero-order chi connectivity index (χ0) is 16.2. The number of amides is 1. The van der Waals surface area contributed by atoms with E-state index >= 15 is 0 Å². The first-order valence-corrected chi connectivity index (χ1v) is 8.87. The topological polar surface area (TPSA) is 80.7 Å². The van der Waals surface area contributed by atoms with Gasteiger partial charge in [-0.15, -0.1) is 21.5 Å². The molecular formula is C15H15N5OS2. The van der Waals surface area contributed by atoms with Gasteiger partial charge in [-0.05, 0) is 25.5 Å². The number of anilines is 1. The van der Waals surface area contributed by atoms with Gasteiger partial charge in [0.05, 0.1) is 5.69 Å². The molecule has 0 atom stereocenters. The van der Waals surface area contributed by atoms with Crippen LogP contribution >= 0.6 is 22.7 Å². The van der Waals surface area contributed by atoms with Crippen LogP contribution in [0.25, 0.3) is 10.6 Å². The number of hydrogen-bond donors (Lipinski definition) is 1. The molecular weight excluding hydrogens is 330 g/mol. The molecule has 0 aliphatic carbocycles. The third-order valence-corrected chi connectivity index (χ3v) is 4.96. The van der Waals surface area contributed by atoms with Crippen molar-refractivity contribution in [1.29, 1.82) is 0 Å². The molecule has 1 amide bonds. The minimum Gasteiger partial charge on any atom is -0.296 e. The summed E-state index contributed by atoms with van der Waals surface area (Å²) in [5.41, 5.74) is 4.32. The average molecular weight is 345 g/mol. The van der Waals surface area contributed by atoms with Crippen molar-refractivity contribution in [2.45, 2.75) is 26.7 Å². The van der Waals surface area contributed by atoms with E-state index in [1.165, 1.54) is 22.7 Å². The highest BCUT2D eigenvalue weighted by molar-refractivity contribution is 7.17. The Bertz CT molecular complexity index is 813. The van der Waals surface area contributed by atoms with Gasteiger partial charge in [0, 0.05) is 17.5 Å². The molecule has 0 saturated carbocycles. The molecule has 8 heteroatoms.